The maximum absolute atomic E-state index is 5.94. The molecule has 1 saturated carbocycles. The monoisotopic (exact) mass is 246 g/mol. The molecule has 1 aliphatic carbocycles. The summed E-state index contributed by atoms with van der Waals surface area (Å²) in [6, 6.07) is 9.43. The molecule has 0 amide bonds. The first-order chi connectivity index (χ1) is 8.43. The average molecular weight is 246 g/mol. The van der Waals surface area contributed by atoms with E-state index in [2.05, 4.69) is 50.4 Å². The second kappa shape index (κ2) is 4.67. The summed E-state index contributed by atoms with van der Waals surface area (Å²) in [5.41, 5.74) is 9.22. The van der Waals surface area contributed by atoms with Gasteiger partial charge in [-0.3, -0.25) is 0 Å². The Kier molecular flexibility index (Phi) is 3.52. The van der Waals surface area contributed by atoms with Crippen LogP contribution in [0.5, 0.6) is 0 Å². The smallest absolute Gasteiger partial charge is 0.0386 e. The highest BCUT2D eigenvalue weighted by molar-refractivity contribution is 5.31. The van der Waals surface area contributed by atoms with Crippen LogP contribution < -0.4 is 11.1 Å². The second-order valence-electron chi connectivity index (χ2n) is 6.66. The molecule has 0 radical (unpaired) electrons. The van der Waals surface area contributed by atoms with E-state index in [1.54, 1.807) is 0 Å². The molecule has 0 saturated heterocycles. The summed E-state index contributed by atoms with van der Waals surface area (Å²) in [6.07, 6.45) is 2.49. The van der Waals surface area contributed by atoms with E-state index in [1.165, 1.54) is 24.0 Å². The van der Waals surface area contributed by atoms with E-state index in [0.29, 0.717) is 11.5 Å². The molecular weight excluding hydrogens is 220 g/mol. The summed E-state index contributed by atoms with van der Waals surface area (Å²) in [5, 5.41) is 3.45. The molecular formula is C16H26N2. The molecule has 100 valence electrons. The van der Waals surface area contributed by atoms with Crippen molar-refractivity contribution < 1.29 is 0 Å². The van der Waals surface area contributed by atoms with Crippen LogP contribution in [0.4, 0.5) is 0 Å². The van der Waals surface area contributed by atoms with Crippen LogP contribution in [0.15, 0.2) is 24.3 Å². The van der Waals surface area contributed by atoms with Crippen molar-refractivity contribution in [1.29, 1.82) is 0 Å². The lowest BCUT2D eigenvalue weighted by Crippen LogP contribution is -2.32. The molecule has 0 heterocycles. The Labute approximate surface area is 111 Å². The van der Waals surface area contributed by atoms with Gasteiger partial charge in [0.15, 0.2) is 0 Å². The molecule has 1 atom stereocenters. The highest BCUT2D eigenvalue weighted by Gasteiger charge is 2.48. The fourth-order valence-corrected chi connectivity index (χ4v) is 2.77. The maximum Gasteiger partial charge on any atom is 0.0386 e. The summed E-state index contributed by atoms with van der Waals surface area (Å²) in [6.45, 7) is 7.53. The van der Waals surface area contributed by atoms with E-state index in [1.807, 2.05) is 7.05 Å². The maximum atomic E-state index is 5.94. The lowest BCUT2D eigenvalue weighted by Gasteiger charge is -2.27. The third-order valence-electron chi connectivity index (χ3n) is 4.31. The number of hydrogen-bond acceptors (Lipinski definition) is 2. The first kappa shape index (κ1) is 13.6. The molecule has 0 aliphatic heterocycles. The van der Waals surface area contributed by atoms with Crippen LogP contribution >= 0.6 is 0 Å². The van der Waals surface area contributed by atoms with Crippen molar-refractivity contribution >= 4 is 0 Å². The molecule has 0 aromatic heterocycles. The molecule has 0 spiro atoms. The van der Waals surface area contributed by atoms with Crippen LogP contribution in [0.25, 0.3) is 0 Å². The first-order valence-electron chi connectivity index (χ1n) is 6.91. The zero-order valence-corrected chi connectivity index (χ0v) is 12.1. The predicted molar refractivity (Wildman–Crippen MR) is 77.7 cm³/mol. The van der Waals surface area contributed by atoms with Crippen molar-refractivity contribution in [2.75, 3.05) is 13.6 Å². The van der Waals surface area contributed by atoms with Gasteiger partial charge in [0.05, 0.1) is 0 Å². The largest absolute Gasteiger partial charge is 0.330 e. The number of benzene rings is 1. The van der Waals surface area contributed by atoms with Crippen LogP contribution in [-0.4, -0.2) is 13.6 Å². The first-order valence-corrected chi connectivity index (χ1v) is 6.91. The standard InChI is InChI=1S/C16H26N2/c1-15(2,3)13-7-5-12(6-8-13)14(18-4)16(11-17)9-10-16/h5-8,14,18H,9-11,17H2,1-4H3. The van der Waals surface area contributed by atoms with Crippen molar-refractivity contribution in [3.63, 3.8) is 0 Å². The predicted octanol–water partition coefficient (Wildman–Crippen LogP) is 2.98. The molecule has 1 fully saturated rings. The van der Waals surface area contributed by atoms with Gasteiger partial charge in [-0.05, 0) is 43.0 Å². The second-order valence-corrected chi connectivity index (χ2v) is 6.66. The summed E-state index contributed by atoms with van der Waals surface area (Å²) in [7, 11) is 2.04. The summed E-state index contributed by atoms with van der Waals surface area (Å²) in [5.74, 6) is 0. The van der Waals surface area contributed by atoms with Crippen molar-refractivity contribution in [1.82, 2.24) is 5.32 Å². The average Bonchev–Trinajstić information content (AvgIpc) is 3.11. The van der Waals surface area contributed by atoms with Gasteiger partial charge in [0.2, 0.25) is 0 Å². The van der Waals surface area contributed by atoms with Gasteiger partial charge in [-0.25, -0.2) is 0 Å². The van der Waals surface area contributed by atoms with E-state index in [-0.39, 0.29) is 5.41 Å². The Morgan fingerprint density at radius 1 is 1.22 bits per heavy atom. The van der Waals surface area contributed by atoms with Crippen LogP contribution in [0.2, 0.25) is 0 Å². The summed E-state index contributed by atoms with van der Waals surface area (Å²) in [4.78, 5) is 0. The Morgan fingerprint density at radius 2 is 1.78 bits per heavy atom. The van der Waals surface area contributed by atoms with Crippen LogP contribution in [0.1, 0.15) is 50.8 Å². The third kappa shape index (κ3) is 2.45. The normalized spacial score (nSPS) is 19.6. The SMILES string of the molecule is CNC(c1ccc(C(C)(C)C)cc1)C1(CN)CC1. The number of nitrogens with two attached hydrogens (primary N) is 1. The minimum atomic E-state index is 0.221. The summed E-state index contributed by atoms with van der Waals surface area (Å²) < 4.78 is 0. The van der Waals surface area contributed by atoms with Gasteiger partial charge in [-0.15, -0.1) is 0 Å². The minimum Gasteiger partial charge on any atom is -0.330 e. The van der Waals surface area contributed by atoms with Crippen LogP contribution in [0, 0.1) is 5.41 Å². The van der Waals surface area contributed by atoms with Gasteiger partial charge >= 0.3 is 0 Å². The molecule has 1 unspecified atom stereocenters. The van der Waals surface area contributed by atoms with Gasteiger partial charge in [0.1, 0.15) is 0 Å². The van der Waals surface area contributed by atoms with E-state index in [0.717, 1.165) is 6.54 Å². The number of nitrogens with one attached hydrogen (secondary N) is 1. The van der Waals surface area contributed by atoms with Crippen molar-refractivity contribution in [3.05, 3.63) is 35.4 Å². The highest BCUT2D eigenvalue weighted by Crippen LogP contribution is 2.53. The zero-order chi connectivity index (χ0) is 13.4. The van der Waals surface area contributed by atoms with Crippen LogP contribution in [-0.2, 0) is 5.41 Å². The van der Waals surface area contributed by atoms with Gasteiger partial charge in [-0.2, -0.15) is 0 Å². The Morgan fingerprint density at radius 3 is 2.11 bits per heavy atom. The minimum absolute atomic E-state index is 0.221. The number of rotatable bonds is 4. The molecule has 18 heavy (non-hydrogen) atoms. The lowest BCUT2D eigenvalue weighted by atomic mass is 9.84. The zero-order valence-electron chi connectivity index (χ0n) is 12.1. The van der Waals surface area contributed by atoms with Crippen molar-refractivity contribution in [2.24, 2.45) is 11.1 Å². The van der Waals surface area contributed by atoms with E-state index in [4.69, 9.17) is 5.73 Å². The molecule has 0 bridgehead atoms. The Hall–Kier alpha value is -0.860. The fourth-order valence-electron chi connectivity index (χ4n) is 2.77. The van der Waals surface area contributed by atoms with Gasteiger partial charge in [0.25, 0.3) is 0 Å². The molecule has 1 aromatic rings. The third-order valence-corrected chi connectivity index (χ3v) is 4.31. The van der Waals surface area contributed by atoms with Gasteiger partial charge in [-0.1, -0.05) is 45.0 Å². The quantitative estimate of drug-likeness (QED) is 0.857. The Bertz CT molecular complexity index is 396. The van der Waals surface area contributed by atoms with Crippen LogP contribution in [0.3, 0.4) is 0 Å². The lowest BCUT2D eigenvalue weighted by molar-refractivity contribution is 0.366. The van der Waals surface area contributed by atoms with Crippen molar-refractivity contribution in [3.8, 4) is 0 Å². The Balaban J connectivity index is 2.23. The number of hydrogen-bond donors (Lipinski definition) is 2. The van der Waals surface area contributed by atoms with E-state index in [9.17, 15) is 0 Å². The molecule has 2 nitrogen and oxygen atoms in total. The fraction of sp³-hybridized carbons (Fsp3) is 0.625. The van der Waals surface area contributed by atoms with Crippen molar-refractivity contribution in [2.45, 2.75) is 45.1 Å². The molecule has 2 rings (SSSR count). The molecule has 1 aromatic carbocycles. The topological polar surface area (TPSA) is 38.0 Å². The van der Waals surface area contributed by atoms with E-state index >= 15 is 0 Å². The van der Waals surface area contributed by atoms with Gasteiger partial charge in [0, 0.05) is 11.5 Å². The van der Waals surface area contributed by atoms with E-state index < -0.39 is 0 Å². The molecule has 3 N–H and O–H groups in total. The molecule has 1 aliphatic rings. The van der Waals surface area contributed by atoms with Gasteiger partial charge < -0.3 is 11.1 Å². The molecule has 2 heteroatoms. The highest BCUT2D eigenvalue weighted by atomic mass is 14.9. The summed E-state index contributed by atoms with van der Waals surface area (Å²) >= 11 is 0.